The number of nitro benzene ring substituents is 1. The van der Waals surface area contributed by atoms with Gasteiger partial charge in [-0.2, -0.15) is 0 Å². The number of thioether (sulfide) groups is 1. The topological polar surface area (TPSA) is 119 Å². The molecule has 1 aliphatic heterocycles. The zero-order chi connectivity index (χ0) is 24.8. The molecule has 2 rings (SSSR count). The van der Waals surface area contributed by atoms with Crippen molar-refractivity contribution in [2.24, 2.45) is 0 Å². The standard InChI is InChI=1S/C22H32N2O7SSi/c1-22(2,3)33(4,5)31-19-12-18(15-32-11-10-20(25)26)23(13-19)21(27)30-14-16-6-8-17(9-7-16)24(28)29/h6-11,18-19H,12-15H2,1-5H3,(H,25,26)/b11-10+/t18-,19+/m0/s1. The average Bonchev–Trinajstić information content (AvgIpc) is 3.10. The van der Waals surface area contributed by atoms with Crippen molar-refractivity contribution in [1.29, 1.82) is 0 Å². The Balaban J connectivity index is 2.05. The quantitative estimate of drug-likeness (QED) is 0.219. The highest BCUT2D eigenvalue weighted by Gasteiger charge is 2.43. The first-order valence-corrected chi connectivity index (χ1v) is 14.6. The maximum absolute atomic E-state index is 12.9. The van der Waals surface area contributed by atoms with Gasteiger partial charge in [0, 0.05) is 36.5 Å². The number of nitrogens with zero attached hydrogens (tertiary/aromatic N) is 2. The summed E-state index contributed by atoms with van der Waals surface area (Å²) in [4.78, 5) is 35.5. The van der Waals surface area contributed by atoms with Crippen molar-refractivity contribution in [2.75, 3.05) is 12.3 Å². The van der Waals surface area contributed by atoms with Crippen LogP contribution in [0.25, 0.3) is 0 Å². The summed E-state index contributed by atoms with van der Waals surface area (Å²) in [7, 11) is -2.04. The van der Waals surface area contributed by atoms with E-state index in [0.717, 1.165) is 6.08 Å². The second-order valence-electron chi connectivity index (χ2n) is 9.49. The van der Waals surface area contributed by atoms with Crippen molar-refractivity contribution in [1.82, 2.24) is 4.90 Å². The van der Waals surface area contributed by atoms with E-state index in [9.17, 15) is 19.7 Å². The number of amides is 1. The predicted octanol–water partition coefficient (Wildman–Crippen LogP) is 5.03. The Hall–Kier alpha value is -2.37. The van der Waals surface area contributed by atoms with Gasteiger partial charge in [-0.3, -0.25) is 10.1 Å². The van der Waals surface area contributed by atoms with Crippen molar-refractivity contribution in [3.05, 3.63) is 51.4 Å². The number of rotatable bonds is 9. The van der Waals surface area contributed by atoms with Gasteiger partial charge in [-0.05, 0) is 47.7 Å². The highest BCUT2D eigenvalue weighted by Crippen LogP contribution is 2.39. The number of non-ortho nitro benzene ring substituents is 1. The molecule has 11 heteroatoms. The van der Waals surface area contributed by atoms with Crippen LogP contribution in [-0.4, -0.2) is 59.8 Å². The van der Waals surface area contributed by atoms with Gasteiger partial charge >= 0.3 is 12.1 Å². The zero-order valence-corrected chi connectivity index (χ0v) is 21.5. The monoisotopic (exact) mass is 496 g/mol. The lowest BCUT2D eigenvalue weighted by Crippen LogP contribution is -2.44. The van der Waals surface area contributed by atoms with E-state index >= 15 is 0 Å². The molecule has 1 amide bonds. The number of carbonyl (C=O) groups is 2. The zero-order valence-electron chi connectivity index (χ0n) is 19.6. The van der Waals surface area contributed by atoms with E-state index in [1.807, 2.05) is 0 Å². The molecule has 0 spiro atoms. The molecule has 1 heterocycles. The third-order valence-corrected chi connectivity index (χ3v) is 11.4. The third kappa shape index (κ3) is 7.86. The van der Waals surface area contributed by atoms with E-state index in [2.05, 4.69) is 33.9 Å². The Kier molecular flexibility index (Phi) is 9.10. The van der Waals surface area contributed by atoms with Gasteiger partial charge in [0.1, 0.15) is 6.61 Å². The third-order valence-electron chi connectivity index (χ3n) is 5.98. The van der Waals surface area contributed by atoms with E-state index in [1.165, 1.54) is 29.3 Å². The Morgan fingerprint density at radius 3 is 2.48 bits per heavy atom. The van der Waals surface area contributed by atoms with Crippen LogP contribution in [0, 0.1) is 10.1 Å². The Labute approximate surface area is 199 Å². The minimum absolute atomic E-state index is 0.000133. The smallest absolute Gasteiger partial charge is 0.410 e. The first kappa shape index (κ1) is 26.9. The summed E-state index contributed by atoms with van der Waals surface area (Å²) < 4.78 is 12.0. The van der Waals surface area contributed by atoms with Crippen LogP contribution in [0.5, 0.6) is 0 Å². The van der Waals surface area contributed by atoms with Crippen molar-refractivity contribution in [3.63, 3.8) is 0 Å². The van der Waals surface area contributed by atoms with E-state index in [-0.39, 0.29) is 29.5 Å². The van der Waals surface area contributed by atoms with E-state index in [1.54, 1.807) is 17.0 Å². The maximum atomic E-state index is 12.9. The van der Waals surface area contributed by atoms with E-state index in [4.69, 9.17) is 14.3 Å². The number of benzene rings is 1. The molecular formula is C22H32N2O7SSi. The number of carbonyl (C=O) groups excluding carboxylic acids is 1. The molecule has 1 aromatic rings. The number of ether oxygens (including phenoxy) is 1. The number of hydrogen-bond donors (Lipinski definition) is 1. The summed E-state index contributed by atoms with van der Waals surface area (Å²) in [5.74, 6) is -0.499. The van der Waals surface area contributed by atoms with Crippen LogP contribution in [0.1, 0.15) is 32.8 Å². The highest BCUT2D eigenvalue weighted by molar-refractivity contribution is 8.02. The average molecular weight is 497 g/mol. The summed E-state index contributed by atoms with van der Waals surface area (Å²) in [6.45, 7) is 11.2. The number of hydrogen-bond acceptors (Lipinski definition) is 7. The predicted molar refractivity (Wildman–Crippen MR) is 130 cm³/mol. The van der Waals surface area contributed by atoms with Crippen molar-refractivity contribution >= 4 is 37.8 Å². The van der Waals surface area contributed by atoms with Gasteiger partial charge in [-0.25, -0.2) is 9.59 Å². The van der Waals surface area contributed by atoms with Crippen LogP contribution in [0.4, 0.5) is 10.5 Å². The van der Waals surface area contributed by atoms with Crippen LogP contribution < -0.4 is 0 Å². The molecule has 9 nitrogen and oxygen atoms in total. The molecule has 0 saturated carbocycles. The molecule has 0 radical (unpaired) electrons. The number of aliphatic carboxylic acids is 1. The van der Waals surface area contributed by atoms with Gasteiger partial charge < -0.3 is 19.2 Å². The minimum Gasteiger partial charge on any atom is -0.478 e. The molecule has 0 aromatic heterocycles. The van der Waals surface area contributed by atoms with Crippen LogP contribution in [0.3, 0.4) is 0 Å². The number of carboxylic acids is 1. The van der Waals surface area contributed by atoms with Crippen molar-refractivity contribution in [3.8, 4) is 0 Å². The molecule has 1 fully saturated rings. The van der Waals surface area contributed by atoms with Crippen molar-refractivity contribution in [2.45, 2.75) is 64.1 Å². The highest BCUT2D eigenvalue weighted by atomic mass is 32.2. The molecule has 0 unspecified atom stereocenters. The van der Waals surface area contributed by atoms with Gasteiger partial charge in [0.15, 0.2) is 8.32 Å². The van der Waals surface area contributed by atoms with Gasteiger partial charge in [-0.1, -0.05) is 20.8 Å². The summed E-state index contributed by atoms with van der Waals surface area (Å²) in [5, 5.41) is 21.1. The normalized spacial score (nSPS) is 19.1. The summed E-state index contributed by atoms with van der Waals surface area (Å²) >= 11 is 1.33. The Bertz CT molecular complexity index is 884. The fraction of sp³-hybridized carbons (Fsp3) is 0.545. The molecule has 33 heavy (non-hydrogen) atoms. The fourth-order valence-electron chi connectivity index (χ4n) is 3.15. The lowest BCUT2D eigenvalue weighted by atomic mass is 10.2. The lowest BCUT2D eigenvalue weighted by molar-refractivity contribution is -0.384. The summed E-state index contributed by atoms with van der Waals surface area (Å²) in [5.41, 5.74) is 0.624. The number of likely N-dealkylation sites (tertiary alicyclic amines) is 1. The largest absolute Gasteiger partial charge is 0.478 e. The SMILES string of the molecule is CC(C)(C)[Si](C)(C)O[C@@H]1C[C@@H](CS/C=C/C(=O)O)N(C(=O)OCc2ccc([N+](=O)[O-])cc2)C1. The summed E-state index contributed by atoms with van der Waals surface area (Å²) in [6.07, 6.45) is 1.11. The molecule has 0 aliphatic carbocycles. The van der Waals surface area contributed by atoms with E-state index < -0.39 is 25.3 Å². The lowest BCUT2D eigenvalue weighted by Gasteiger charge is -2.38. The molecular weight excluding hydrogens is 464 g/mol. The molecule has 1 aliphatic rings. The first-order valence-electron chi connectivity index (χ1n) is 10.7. The first-order chi connectivity index (χ1) is 15.3. The molecule has 2 atom stereocenters. The molecule has 0 bridgehead atoms. The second-order valence-corrected chi connectivity index (χ2v) is 15.2. The van der Waals surface area contributed by atoms with Crippen LogP contribution in [-0.2, 0) is 20.6 Å². The fourth-order valence-corrected chi connectivity index (χ4v) is 5.37. The van der Waals surface area contributed by atoms with Crippen molar-refractivity contribution < 1.29 is 28.8 Å². The number of carboxylic acid groups (broad SMARTS) is 1. The second kappa shape index (κ2) is 11.2. The Morgan fingerprint density at radius 1 is 1.30 bits per heavy atom. The molecule has 1 aromatic carbocycles. The molecule has 182 valence electrons. The number of nitro groups is 1. The van der Waals surface area contributed by atoms with Gasteiger partial charge in [-0.15, -0.1) is 11.8 Å². The van der Waals surface area contributed by atoms with Gasteiger partial charge in [0.2, 0.25) is 0 Å². The summed E-state index contributed by atoms with van der Waals surface area (Å²) in [6, 6.07) is 5.70. The van der Waals surface area contributed by atoms with Gasteiger partial charge in [0.25, 0.3) is 5.69 Å². The van der Waals surface area contributed by atoms with E-state index in [0.29, 0.717) is 24.3 Å². The van der Waals surface area contributed by atoms with Crippen LogP contribution in [0.2, 0.25) is 18.1 Å². The Morgan fingerprint density at radius 2 is 1.94 bits per heavy atom. The van der Waals surface area contributed by atoms with Gasteiger partial charge in [0.05, 0.1) is 11.0 Å². The van der Waals surface area contributed by atoms with Crippen LogP contribution >= 0.6 is 11.8 Å². The minimum atomic E-state index is -2.04. The molecule has 1 N–H and O–H groups in total. The molecule has 1 saturated heterocycles. The van der Waals surface area contributed by atoms with Crippen LogP contribution in [0.15, 0.2) is 35.7 Å². The maximum Gasteiger partial charge on any atom is 0.410 e.